The molecule has 0 fully saturated rings. The summed E-state index contributed by atoms with van der Waals surface area (Å²) in [4.78, 5) is 10.8. The van der Waals surface area contributed by atoms with Gasteiger partial charge in [-0.2, -0.15) is 0 Å². The molecule has 0 spiro atoms. The van der Waals surface area contributed by atoms with Crippen molar-refractivity contribution in [3.8, 4) is 0 Å². The zero-order valence-corrected chi connectivity index (χ0v) is 8.76. The SMILES string of the molecule is CC(=O)C/C=C1/CCC(C)=CC1C. The van der Waals surface area contributed by atoms with Crippen molar-refractivity contribution in [2.24, 2.45) is 5.92 Å². The van der Waals surface area contributed by atoms with Gasteiger partial charge >= 0.3 is 0 Å². The van der Waals surface area contributed by atoms with E-state index in [-0.39, 0.29) is 5.78 Å². The topological polar surface area (TPSA) is 17.1 Å². The van der Waals surface area contributed by atoms with Crippen molar-refractivity contribution in [1.29, 1.82) is 0 Å². The van der Waals surface area contributed by atoms with Crippen molar-refractivity contribution in [1.82, 2.24) is 0 Å². The molecule has 0 aromatic rings. The first-order valence-corrected chi connectivity index (χ1v) is 4.95. The van der Waals surface area contributed by atoms with Crippen molar-refractivity contribution in [2.45, 2.75) is 40.0 Å². The third kappa shape index (κ3) is 3.17. The van der Waals surface area contributed by atoms with E-state index in [0.717, 1.165) is 12.8 Å². The average Bonchev–Trinajstić information content (AvgIpc) is 2.02. The molecule has 0 aromatic heterocycles. The van der Waals surface area contributed by atoms with E-state index in [1.165, 1.54) is 11.1 Å². The molecule has 0 N–H and O–H groups in total. The fraction of sp³-hybridized carbons (Fsp3) is 0.583. The summed E-state index contributed by atoms with van der Waals surface area (Å²) < 4.78 is 0. The molecule has 0 saturated carbocycles. The lowest BCUT2D eigenvalue weighted by molar-refractivity contribution is -0.116. The highest BCUT2D eigenvalue weighted by molar-refractivity contribution is 5.77. The summed E-state index contributed by atoms with van der Waals surface area (Å²) in [5, 5.41) is 0. The molecule has 1 aliphatic carbocycles. The summed E-state index contributed by atoms with van der Waals surface area (Å²) in [5.74, 6) is 0.791. The van der Waals surface area contributed by atoms with Gasteiger partial charge in [-0.05, 0) is 32.6 Å². The number of hydrogen-bond donors (Lipinski definition) is 0. The summed E-state index contributed by atoms with van der Waals surface area (Å²) in [5.41, 5.74) is 2.91. The lowest BCUT2D eigenvalue weighted by Crippen LogP contribution is -2.04. The van der Waals surface area contributed by atoms with Gasteiger partial charge in [-0.25, -0.2) is 0 Å². The predicted molar refractivity (Wildman–Crippen MR) is 55.5 cm³/mol. The molecule has 0 radical (unpaired) electrons. The molecule has 1 atom stereocenters. The Morgan fingerprint density at radius 1 is 1.62 bits per heavy atom. The highest BCUT2D eigenvalue weighted by Gasteiger charge is 2.11. The Morgan fingerprint density at radius 2 is 2.31 bits per heavy atom. The summed E-state index contributed by atoms with van der Waals surface area (Å²) in [6.45, 7) is 6.03. The first-order chi connectivity index (χ1) is 6.09. The molecule has 0 amide bonds. The maximum Gasteiger partial charge on any atom is 0.133 e. The molecular weight excluding hydrogens is 160 g/mol. The number of allylic oxidation sites excluding steroid dienone is 4. The number of hydrogen-bond acceptors (Lipinski definition) is 1. The Labute approximate surface area is 80.5 Å². The molecule has 13 heavy (non-hydrogen) atoms. The van der Waals surface area contributed by atoms with Crippen LogP contribution in [0.3, 0.4) is 0 Å². The van der Waals surface area contributed by atoms with Crippen LogP contribution in [0.5, 0.6) is 0 Å². The van der Waals surface area contributed by atoms with E-state index in [1.54, 1.807) is 6.92 Å². The van der Waals surface area contributed by atoms with Crippen LogP contribution in [0.25, 0.3) is 0 Å². The minimum Gasteiger partial charge on any atom is -0.300 e. The monoisotopic (exact) mass is 178 g/mol. The molecule has 0 aromatic carbocycles. The van der Waals surface area contributed by atoms with Crippen molar-refractivity contribution < 1.29 is 4.79 Å². The van der Waals surface area contributed by atoms with E-state index >= 15 is 0 Å². The van der Waals surface area contributed by atoms with Crippen molar-refractivity contribution in [3.63, 3.8) is 0 Å². The van der Waals surface area contributed by atoms with Gasteiger partial charge < -0.3 is 0 Å². The number of carbonyl (C=O) groups is 1. The summed E-state index contributed by atoms with van der Waals surface area (Å²) in [6, 6.07) is 0. The van der Waals surface area contributed by atoms with E-state index in [9.17, 15) is 4.79 Å². The fourth-order valence-corrected chi connectivity index (χ4v) is 1.75. The Balaban J connectivity index is 2.62. The molecule has 0 saturated heterocycles. The van der Waals surface area contributed by atoms with Gasteiger partial charge in [-0.15, -0.1) is 0 Å². The van der Waals surface area contributed by atoms with E-state index in [0.29, 0.717) is 12.3 Å². The van der Waals surface area contributed by atoms with Crippen LogP contribution in [0, 0.1) is 5.92 Å². The van der Waals surface area contributed by atoms with Crippen LogP contribution in [-0.2, 0) is 4.79 Å². The molecule has 0 bridgehead atoms. The molecule has 1 rings (SSSR count). The lowest BCUT2D eigenvalue weighted by Gasteiger charge is -2.19. The van der Waals surface area contributed by atoms with Crippen molar-refractivity contribution in [3.05, 3.63) is 23.3 Å². The maximum absolute atomic E-state index is 10.8. The molecule has 1 unspecified atom stereocenters. The van der Waals surface area contributed by atoms with Crippen LogP contribution in [0.2, 0.25) is 0 Å². The minimum absolute atomic E-state index is 0.256. The zero-order valence-electron chi connectivity index (χ0n) is 8.76. The van der Waals surface area contributed by atoms with Crippen molar-refractivity contribution >= 4 is 5.78 Å². The zero-order chi connectivity index (χ0) is 9.84. The highest BCUT2D eigenvalue weighted by Crippen LogP contribution is 2.27. The summed E-state index contributed by atoms with van der Waals surface area (Å²) in [7, 11) is 0. The van der Waals surface area contributed by atoms with Gasteiger partial charge in [0.05, 0.1) is 0 Å². The maximum atomic E-state index is 10.8. The van der Waals surface area contributed by atoms with Crippen LogP contribution < -0.4 is 0 Å². The van der Waals surface area contributed by atoms with Crippen LogP contribution >= 0.6 is 0 Å². The van der Waals surface area contributed by atoms with Gasteiger partial charge in [0.2, 0.25) is 0 Å². The number of ketones is 1. The predicted octanol–water partition coefficient (Wildman–Crippen LogP) is 3.27. The molecule has 1 nitrogen and oxygen atoms in total. The molecule has 1 heteroatoms. The molecule has 72 valence electrons. The van der Waals surface area contributed by atoms with Gasteiger partial charge in [0.1, 0.15) is 5.78 Å². The Kier molecular flexibility index (Phi) is 3.47. The Hall–Kier alpha value is -0.850. The fourth-order valence-electron chi connectivity index (χ4n) is 1.75. The van der Waals surface area contributed by atoms with Gasteiger partial charge in [-0.1, -0.05) is 30.2 Å². The third-order valence-corrected chi connectivity index (χ3v) is 2.58. The molecule has 1 aliphatic rings. The third-order valence-electron chi connectivity index (χ3n) is 2.58. The van der Waals surface area contributed by atoms with Gasteiger partial charge in [-0.3, -0.25) is 4.79 Å². The Morgan fingerprint density at radius 3 is 2.85 bits per heavy atom. The van der Waals surface area contributed by atoms with Gasteiger partial charge in [0, 0.05) is 6.42 Å². The van der Waals surface area contributed by atoms with Crippen LogP contribution in [-0.4, -0.2) is 5.78 Å². The lowest BCUT2D eigenvalue weighted by atomic mass is 9.87. The summed E-state index contributed by atoms with van der Waals surface area (Å²) >= 11 is 0. The Bertz CT molecular complexity index is 258. The second-order valence-electron chi connectivity index (χ2n) is 3.99. The minimum atomic E-state index is 0.256. The number of carbonyl (C=O) groups excluding carboxylic acids is 1. The van der Waals surface area contributed by atoms with E-state index in [4.69, 9.17) is 0 Å². The molecule has 0 heterocycles. The smallest absolute Gasteiger partial charge is 0.133 e. The normalized spacial score (nSPS) is 25.9. The van der Waals surface area contributed by atoms with Crippen LogP contribution in [0.15, 0.2) is 23.3 Å². The van der Waals surface area contributed by atoms with Gasteiger partial charge in [0.15, 0.2) is 0 Å². The largest absolute Gasteiger partial charge is 0.300 e. The van der Waals surface area contributed by atoms with E-state index in [1.807, 2.05) is 0 Å². The summed E-state index contributed by atoms with van der Waals surface area (Å²) in [6.07, 6.45) is 7.31. The molecule has 0 aliphatic heterocycles. The second kappa shape index (κ2) is 4.40. The first-order valence-electron chi connectivity index (χ1n) is 4.95. The van der Waals surface area contributed by atoms with E-state index < -0.39 is 0 Å². The standard InChI is InChI=1S/C12H18O/c1-9-4-6-12(10(2)8-9)7-5-11(3)13/h7-8,10H,4-6H2,1-3H3/b12-7-. The molecular formula is C12H18O. The van der Waals surface area contributed by atoms with Crippen LogP contribution in [0.4, 0.5) is 0 Å². The van der Waals surface area contributed by atoms with Crippen LogP contribution in [0.1, 0.15) is 40.0 Å². The second-order valence-corrected chi connectivity index (χ2v) is 3.99. The average molecular weight is 178 g/mol. The highest BCUT2D eigenvalue weighted by atomic mass is 16.1. The number of Topliss-reactive ketones (excluding diaryl/α,β-unsaturated/α-hetero) is 1. The van der Waals surface area contributed by atoms with E-state index in [2.05, 4.69) is 26.0 Å². The first kappa shape index (κ1) is 10.2. The van der Waals surface area contributed by atoms with Gasteiger partial charge in [0.25, 0.3) is 0 Å². The quantitative estimate of drug-likeness (QED) is 0.593. The number of rotatable bonds is 2. The van der Waals surface area contributed by atoms with Crippen molar-refractivity contribution in [2.75, 3.05) is 0 Å².